The molecular formula is C15H32N2O3. The Morgan fingerprint density at radius 2 is 1.90 bits per heavy atom. The Bertz CT molecular complexity index is 211. The van der Waals surface area contributed by atoms with Gasteiger partial charge in [0.15, 0.2) is 0 Å². The number of hydrogen-bond donors (Lipinski definition) is 2. The molecule has 120 valence electrons. The Hall–Kier alpha value is -0.200. The molecule has 1 aliphatic rings. The van der Waals surface area contributed by atoms with Gasteiger partial charge in [-0.1, -0.05) is 13.3 Å². The topological polar surface area (TPSA) is 54.0 Å². The molecule has 20 heavy (non-hydrogen) atoms. The molecule has 1 unspecified atom stereocenters. The van der Waals surface area contributed by atoms with Gasteiger partial charge < -0.3 is 24.8 Å². The van der Waals surface area contributed by atoms with Crippen molar-refractivity contribution in [1.82, 2.24) is 10.2 Å². The summed E-state index contributed by atoms with van der Waals surface area (Å²) in [7, 11) is 0. The summed E-state index contributed by atoms with van der Waals surface area (Å²) in [6.07, 6.45) is 4.49. The highest BCUT2D eigenvalue weighted by atomic mass is 16.5. The first kappa shape index (κ1) is 17.9. The summed E-state index contributed by atoms with van der Waals surface area (Å²) in [5.74, 6) is 0. The number of unbranched alkanes of at least 4 members (excludes halogenated alkanes) is 1. The normalized spacial score (nSPS) is 17.7. The van der Waals surface area contributed by atoms with Gasteiger partial charge in [-0.25, -0.2) is 0 Å². The third kappa shape index (κ3) is 9.66. The zero-order chi connectivity index (χ0) is 14.5. The average Bonchev–Trinajstić information content (AvgIpc) is 2.96. The maximum absolute atomic E-state index is 9.74. The molecule has 1 fully saturated rings. The Kier molecular flexibility index (Phi) is 11.2. The Morgan fingerprint density at radius 3 is 2.65 bits per heavy atom. The van der Waals surface area contributed by atoms with Crippen LogP contribution in [0.2, 0.25) is 0 Å². The second kappa shape index (κ2) is 12.5. The molecule has 1 saturated heterocycles. The Balaban J connectivity index is 1.79. The maximum atomic E-state index is 9.74. The van der Waals surface area contributed by atoms with Crippen LogP contribution in [-0.2, 0) is 9.47 Å². The van der Waals surface area contributed by atoms with Crippen molar-refractivity contribution in [2.24, 2.45) is 0 Å². The SMILES string of the molecule is CCCCOCCOCC(O)CNCCN1CCCC1. The zero-order valence-electron chi connectivity index (χ0n) is 13.0. The molecule has 0 aliphatic carbocycles. The maximum Gasteiger partial charge on any atom is 0.0897 e. The predicted octanol–water partition coefficient (Wildman–Crippen LogP) is 0.866. The Labute approximate surface area is 123 Å². The first-order valence-electron chi connectivity index (χ1n) is 8.09. The first-order chi connectivity index (χ1) is 9.83. The van der Waals surface area contributed by atoms with E-state index in [4.69, 9.17) is 9.47 Å². The van der Waals surface area contributed by atoms with Crippen molar-refractivity contribution in [3.63, 3.8) is 0 Å². The quantitative estimate of drug-likeness (QED) is 0.493. The molecule has 1 aliphatic heterocycles. The fourth-order valence-electron chi connectivity index (χ4n) is 2.26. The van der Waals surface area contributed by atoms with Gasteiger partial charge in [-0.05, 0) is 32.4 Å². The lowest BCUT2D eigenvalue weighted by atomic mass is 10.3. The Morgan fingerprint density at radius 1 is 1.15 bits per heavy atom. The van der Waals surface area contributed by atoms with Gasteiger partial charge in [0.2, 0.25) is 0 Å². The van der Waals surface area contributed by atoms with Gasteiger partial charge in [0.05, 0.1) is 25.9 Å². The molecule has 5 nitrogen and oxygen atoms in total. The third-order valence-electron chi connectivity index (χ3n) is 3.51. The molecule has 0 aromatic heterocycles. The van der Waals surface area contributed by atoms with E-state index in [1.807, 2.05) is 0 Å². The summed E-state index contributed by atoms with van der Waals surface area (Å²) in [5, 5.41) is 13.0. The zero-order valence-corrected chi connectivity index (χ0v) is 13.0. The molecule has 0 saturated carbocycles. The predicted molar refractivity (Wildman–Crippen MR) is 81.1 cm³/mol. The average molecular weight is 288 g/mol. The van der Waals surface area contributed by atoms with Gasteiger partial charge >= 0.3 is 0 Å². The number of likely N-dealkylation sites (tertiary alicyclic amines) is 1. The van der Waals surface area contributed by atoms with Crippen LogP contribution in [0.5, 0.6) is 0 Å². The van der Waals surface area contributed by atoms with Gasteiger partial charge in [0.1, 0.15) is 0 Å². The standard InChI is InChI=1S/C15H32N2O3/c1-2-3-10-19-11-12-20-14-15(18)13-16-6-9-17-7-4-5-8-17/h15-16,18H,2-14H2,1H3. The smallest absolute Gasteiger partial charge is 0.0897 e. The summed E-state index contributed by atoms with van der Waals surface area (Å²) < 4.78 is 10.8. The first-order valence-corrected chi connectivity index (χ1v) is 8.09. The summed E-state index contributed by atoms with van der Waals surface area (Å²) in [5.41, 5.74) is 0. The highest BCUT2D eigenvalue weighted by Crippen LogP contribution is 2.05. The summed E-state index contributed by atoms with van der Waals surface area (Å²) in [6, 6.07) is 0. The van der Waals surface area contributed by atoms with Gasteiger partial charge in [-0.2, -0.15) is 0 Å². The van der Waals surface area contributed by atoms with Crippen LogP contribution in [0, 0.1) is 0 Å². The molecule has 0 spiro atoms. The molecule has 0 aromatic rings. The second-order valence-corrected chi connectivity index (χ2v) is 5.45. The van der Waals surface area contributed by atoms with Gasteiger partial charge in [-0.15, -0.1) is 0 Å². The van der Waals surface area contributed by atoms with Crippen LogP contribution >= 0.6 is 0 Å². The molecule has 1 heterocycles. The van der Waals surface area contributed by atoms with Crippen LogP contribution in [0.15, 0.2) is 0 Å². The van der Waals surface area contributed by atoms with E-state index < -0.39 is 6.10 Å². The van der Waals surface area contributed by atoms with Crippen molar-refractivity contribution < 1.29 is 14.6 Å². The molecule has 2 N–H and O–H groups in total. The number of nitrogens with zero attached hydrogens (tertiary/aromatic N) is 1. The van der Waals surface area contributed by atoms with Crippen molar-refractivity contribution in [3.05, 3.63) is 0 Å². The lowest BCUT2D eigenvalue weighted by molar-refractivity contribution is 0.00388. The van der Waals surface area contributed by atoms with Crippen LogP contribution in [0.1, 0.15) is 32.6 Å². The van der Waals surface area contributed by atoms with Gasteiger partial charge in [-0.3, -0.25) is 0 Å². The number of aliphatic hydroxyl groups excluding tert-OH is 1. The molecule has 5 heteroatoms. The third-order valence-corrected chi connectivity index (χ3v) is 3.51. The number of nitrogens with one attached hydrogen (secondary N) is 1. The minimum atomic E-state index is -0.427. The fourth-order valence-corrected chi connectivity index (χ4v) is 2.26. The minimum absolute atomic E-state index is 0.383. The van der Waals surface area contributed by atoms with E-state index in [1.54, 1.807) is 0 Å². The summed E-state index contributed by atoms with van der Waals surface area (Å²) in [4.78, 5) is 2.46. The van der Waals surface area contributed by atoms with Crippen LogP contribution in [0.3, 0.4) is 0 Å². The largest absolute Gasteiger partial charge is 0.389 e. The van der Waals surface area contributed by atoms with Gasteiger partial charge in [0, 0.05) is 26.2 Å². The molecule has 0 radical (unpaired) electrons. The molecule has 1 atom stereocenters. The van der Waals surface area contributed by atoms with Crippen molar-refractivity contribution in [3.8, 4) is 0 Å². The van der Waals surface area contributed by atoms with Crippen molar-refractivity contribution in [2.45, 2.75) is 38.7 Å². The molecular weight excluding hydrogens is 256 g/mol. The van der Waals surface area contributed by atoms with Crippen molar-refractivity contribution >= 4 is 0 Å². The molecule has 0 aromatic carbocycles. The lowest BCUT2D eigenvalue weighted by Gasteiger charge is -2.16. The summed E-state index contributed by atoms with van der Waals surface area (Å²) in [6.45, 7) is 9.60. The number of rotatable bonds is 13. The van der Waals surface area contributed by atoms with Crippen LogP contribution in [0.4, 0.5) is 0 Å². The number of hydrogen-bond acceptors (Lipinski definition) is 5. The van der Waals surface area contributed by atoms with Gasteiger partial charge in [0.25, 0.3) is 0 Å². The van der Waals surface area contributed by atoms with Crippen molar-refractivity contribution in [1.29, 1.82) is 0 Å². The monoisotopic (exact) mass is 288 g/mol. The van der Waals surface area contributed by atoms with E-state index in [2.05, 4.69) is 17.1 Å². The fraction of sp³-hybridized carbons (Fsp3) is 1.00. The van der Waals surface area contributed by atoms with E-state index in [0.29, 0.717) is 26.4 Å². The molecule has 0 bridgehead atoms. The summed E-state index contributed by atoms with van der Waals surface area (Å²) >= 11 is 0. The van der Waals surface area contributed by atoms with Crippen molar-refractivity contribution in [2.75, 3.05) is 59.2 Å². The lowest BCUT2D eigenvalue weighted by Crippen LogP contribution is -2.36. The molecule has 1 rings (SSSR count). The van der Waals surface area contributed by atoms with E-state index in [9.17, 15) is 5.11 Å². The van der Waals surface area contributed by atoms with E-state index in [1.165, 1.54) is 25.9 Å². The van der Waals surface area contributed by atoms with Crippen LogP contribution in [0.25, 0.3) is 0 Å². The number of ether oxygens (including phenoxy) is 2. The minimum Gasteiger partial charge on any atom is -0.389 e. The van der Waals surface area contributed by atoms with E-state index in [0.717, 1.165) is 32.5 Å². The van der Waals surface area contributed by atoms with E-state index >= 15 is 0 Å². The van der Waals surface area contributed by atoms with Crippen LogP contribution in [-0.4, -0.2) is 75.3 Å². The second-order valence-electron chi connectivity index (χ2n) is 5.45. The van der Waals surface area contributed by atoms with Crippen LogP contribution < -0.4 is 5.32 Å². The highest BCUT2D eigenvalue weighted by molar-refractivity contribution is 4.67. The highest BCUT2D eigenvalue weighted by Gasteiger charge is 2.10. The van der Waals surface area contributed by atoms with E-state index in [-0.39, 0.29) is 0 Å². The molecule has 0 amide bonds. The number of aliphatic hydroxyl groups is 1.